The van der Waals surface area contributed by atoms with E-state index in [1.807, 2.05) is 0 Å². The highest BCUT2D eigenvalue weighted by Gasteiger charge is 2.11. The summed E-state index contributed by atoms with van der Waals surface area (Å²) in [5.74, 6) is -0.275. The van der Waals surface area contributed by atoms with Crippen molar-refractivity contribution < 1.29 is 14.3 Å². The Bertz CT molecular complexity index is 604. The van der Waals surface area contributed by atoms with E-state index in [1.165, 1.54) is 32.8 Å². The lowest BCUT2D eigenvalue weighted by atomic mass is 10.2. The molecule has 1 aliphatic rings. The van der Waals surface area contributed by atoms with Crippen molar-refractivity contribution in [2.75, 3.05) is 50.5 Å². The maximum absolute atomic E-state index is 12.1. The number of nitrogens with one attached hydrogen (secondary N) is 3. The number of methoxy groups -OCH3 is 1. The summed E-state index contributed by atoms with van der Waals surface area (Å²) in [7, 11) is 1.45. The molecule has 3 amide bonds. The van der Waals surface area contributed by atoms with Crippen molar-refractivity contribution >= 4 is 34.9 Å². The Morgan fingerprint density at radius 1 is 1.15 bits per heavy atom. The summed E-state index contributed by atoms with van der Waals surface area (Å²) in [4.78, 5) is 26.1. The van der Waals surface area contributed by atoms with Crippen LogP contribution in [0, 0.1) is 0 Å². The number of amides is 3. The van der Waals surface area contributed by atoms with Crippen LogP contribution < -0.4 is 16.0 Å². The minimum absolute atomic E-state index is 0.0393. The normalized spacial score (nSPS) is 15.2. The number of likely N-dealkylation sites (tertiary alicyclic amines) is 1. The van der Waals surface area contributed by atoms with Gasteiger partial charge in [0.25, 0.3) is 0 Å². The lowest BCUT2D eigenvalue weighted by Crippen LogP contribution is -2.37. The lowest BCUT2D eigenvalue weighted by Gasteiger charge is -2.19. The minimum atomic E-state index is -0.318. The Morgan fingerprint density at radius 3 is 2.58 bits per heavy atom. The second-order valence-corrected chi connectivity index (χ2v) is 6.72. The molecule has 0 aliphatic carbocycles. The second-order valence-electron chi connectivity index (χ2n) is 6.31. The number of benzene rings is 1. The zero-order valence-corrected chi connectivity index (χ0v) is 15.9. The summed E-state index contributed by atoms with van der Waals surface area (Å²) in [5.41, 5.74) is 0.977. The molecule has 1 heterocycles. The number of nitrogens with zero attached hydrogens (tertiary/aromatic N) is 1. The van der Waals surface area contributed by atoms with Crippen LogP contribution in [0.15, 0.2) is 18.2 Å². The van der Waals surface area contributed by atoms with E-state index in [4.69, 9.17) is 16.3 Å². The summed E-state index contributed by atoms with van der Waals surface area (Å²) in [6.07, 6.45) is 5.03. The highest BCUT2D eigenvalue weighted by molar-refractivity contribution is 6.33. The molecule has 8 heteroatoms. The first-order chi connectivity index (χ1) is 12.6. The van der Waals surface area contributed by atoms with Gasteiger partial charge in [0, 0.05) is 25.9 Å². The predicted octanol–water partition coefficient (Wildman–Crippen LogP) is 2.92. The fourth-order valence-electron chi connectivity index (χ4n) is 2.88. The average Bonchev–Trinajstić information content (AvgIpc) is 2.87. The van der Waals surface area contributed by atoms with Gasteiger partial charge in [0.15, 0.2) is 0 Å². The van der Waals surface area contributed by atoms with Crippen LogP contribution in [0.3, 0.4) is 0 Å². The number of ether oxygens (including phenoxy) is 1. The number of hydrogen-bond donors (Lipinski definition) is 3. The van der Waals surface area contributed by atoms with E-state index >= 15 is 0 Å². The smallest absolute Gasteiger partial charge is 0.319 e. The topological polar surface area (TPSA) is 82.7 Å². The zero-order chi connectivity index (χ0) is 18.8. The molecule has 0 spiro atoms. The molecule has 0 atom stereocenters. The number of anilines is 2. The van der Waals surface area contributed by atoms with Crippen LogP contribution in [-0.2, 0) is 9.53 Å². The van der Waals surface area contributed by atoms with Gasteiger partial charge in [0.1, 0.15) is 6.61 Å². The number of halogens is 1. The van der Waals surface area contributed by atoms with Crippen LogP contribution in [0.5, 0.6) is 0 Å². The molecule has 7 nitrogen and oxygen atoms in total. The molecular formula is C18H27ClN4O3. The number of hydrogen-bond acceptors (Lipinski definition) is 4. The summed E-state index contributed by atoms with van der Waals surface area (Å²) in [6, 6.07) is 4.58. The summed E-state index contributed by atoms with van der Waals surface area (Å²) < 4.78 is 4.77. The standard InChI is InChI=1S/C18H27ClN4O3/c1-26-13-17(24)21-14-6-7-15(19)16(12-14)22-18(25)20-8-11-23-9-4-2-3-5-10-23/h6-7,12H,2-5,8-11,13H2,1H3,(H,21,24)(H2,20,22,25). The van der Waals surface area contributed by atoms with E-state index in [9.17, 15) is 9.59 Å². The molecule has 1 aromatic rings. The Balaban J connectivity index is 1.80. The molecule has 3 N–H and O–H groups in total. The van der Waals surface area contributed by atoms with Crippen LogP contribution in [0.2, 0.25) is 5.02 Å². The molecule has 0 radical (unpaired) electrons. The van der Waals surface area contributed by atoms with Crippen LogP contribution in [-0.4, -0.2) is 56.7 Å². The maximum atomic E-state index is 12.1. The van der Waals surface area contributed by atoms with Crippen molar-refractivity contribution in [2.24, 2.45) is 0 Å². The molecule has 0 saturated carbocycles. The molecule has 1 aromatic carbocycles. The Morgan fingerprint density at radius 2 is 1.88 bits per heavy atom. The first-order valence-corrected chi connectivity index (χ1v) is 9.32. The third-order valence-corrected chi connectivity index (χ3v) is 4.52. The van der Waals surface area contributed by atoms with E-state index in [0.717, 1.165) is 19.6 Å². The number of rotatable bonds is 7. The predicted molar refractivity (Wildman–Crippen MR) is 104 cm³/mol. The molecule has 144 valence electrons. The minimum Gasteiger partial charge on any atom is -0.375 e. The molecular weight excluding hydrogens is 356 g/mol. The van der Waals surface area contributed by atoms with Gasteiger partial charge in [0.05, 0.1) is 10.7 Å². The highest BCUT2D eigenvalue weighted by atomic mass is 35.5. The van der Waals surface area contributed by atoms with Gasteiger partial charge in [-0.2, -0.15) is 0 Å². The third kappa shape index (κ3) is 7.19. The molecule has 1 saturated heterocycles. The van der Waals surface area contributed by atoms with Gasteiger partial charge in [-0.05, 0) is 44.1 Å². The lowest BCUT2D eigenvalue weighted by molar-refractivity contribution is -0.119. The fraction of sp³-hybridized carbons (Fsp3) is 0.556. The Kier molecular flexibility index (Phi) is 8.67. The monoisotopic (exact) mass is 382 g/mol. The van der Waals surface area contributed by atoms with Gasteiger partial charge < -0.3 is 25.6 Å². The third-order valence-electron chi connectivity index (χ3n) is 4.19. The van der Waals surface area contributed by atoms with Crippen molar-refractivity contribution in [1.82, 2.24) is 10.2 Å². The van der Waals surface area contributed by atoms with Gasteiger partial charge in [-0.3, -0.25) is 4.79 Å². The van der Waals surface area contributed by atoms with Crippen molar-refractivity contribution in [3.63, 3.8) is 0 Å². The zero-order valence-electron chi connectivity index (χ0n) is 15.1. The molecule has 2 rings (SSSR count). The van der Waals surface area contributed by atoms with Crippen LogP contribution in [0.4, 0.5) is 16.2 Å². The number of carbonyl (C=O) groups excluding carboxylic acids is 2. The number of carbonyl (C=O) groups is 2. The van der Waals surface area contributed by atoms with Crippen molar-refractivity contribution in [1.29, 1.82) is 0 Å². The van der Waals surface area contributed by atoms with Crippen LogP contribution in [0.25, 0.3) is 0 Å². The van der Waals surface area contributed by atoms with Crippen molar-refractivity contribution in [2.45, 2.75) is 25.7 Å². The Hall–Kier alpha value is -1.83. The van der Waals surface area contributed by atoms with Gasteiger partial charge >= 0.3 is 6.03 Å². The average molecular weight is 383 g/mol. The highest BCUT2D eigenvalue weighted by Crippen LogP contribution is 2.25. The van der Waals surface area contributed by atoms with E-state index < -0.39 is 0 Å². The van der Waals surface area contributed by atoms with Crippen molar-refractivity contribution in [3.8, 4) is 0 Å². The quantitative estimate of drug-likeness (QED) is 0.677. The van der Waals surface area contributed by atoms with Crippen LogP contribution in [0.1, 0.15) is 25.7 Å². The van der Waals surface area contributed by atoms with E-state index in [1.54, 1.807) is 18.2 Å². The fourth-order valence-corrected chi connectivity index (χ4v) is 3.05. The Labute approximate surface area is 159 Å². The van der Waals surface area contributed by atoms with E-state index in [2.05, 4.69) is 20.9 Å². The summed E-state index contributed by atoms with van der Waals surface area (Å²) in [5, 5.41) is 8.65. The first-order valence-electron chi connectivity index (χ1n) is 8.94. The van der Waals surface area contributed by atoms with Crippen LogP contribution >= 0.6 is 11.6 Å². The summed E-state index contributed by atoms with van der Waals surface area (Å²) in [6.45, 7) is 3.57. The second kappa shape index (κ2) is 11.0. The molecule has 0 aromatic heterocycles. The first kappa shape index (κ1) is 20.5. The largest absolute Gasteiger partial charge is 0.375 e. The molecule has 1 aliphatic heterocycles. The molecule has 0 bridgehead atoms. The molecule has 26 heavy (non-hydrogen) atoms. The van der Waals surface area contributed by atoms with Gasteiger partial charge in [-0.25, -0.2) is 4.79 Å². The summed E-state index contributed by atoms with van der Waals surface area (Å²) >= 11 is 6.12. The van der Waals surface area contributed by atoms with Gasteiger partial charge in [-0.15, -0.1) is 0 Å². The van der Waals surface area contributed by atoms with Gasteiger partial charge in [-0.1, -0.05) is 24.4 Å². The maximum Gasteiger partial charge on any atom is 0.319 e. The molecule has 1 fully saturated rings. The molecule has 0 unspecified atom stereocenters. The number of urea groups is 1. The SMILES string of the molecule is COCC(=O)Nc1ccc(Cl)c(NC(=O)NCCN2CCCCCC2)c1. The van der Waals surface area contributed by atoms with E-state index in [0.29, 0.717) is 22.9 Å². The van der Waals surface area contributed by atoms with E-state index in [-0.39, 0.29) is 18.5 Å². The van der Waals surface area contributed by atoms with Gasteiger partial charge in [0.2, 0.25) is 5.91 Å². The van der Waals surface area contributed by atoms with Crippen molar-refractivity contribution in [3.05, 3.63) is 23.2 Å².